The van der Waals surface area contributed by atoms with Crippen LogP contribution in [0, 0.1) is 5.92 Å². The molecule has 0 bridgehead atoms. The number of anilines is 1. The van der Waals surface area contributed by atoms with Crippen LogP contribution in [-0.4, -0.2) is 27.8 Å². The number of nitrogens with zero attached hydrogens (tertiary/aromatic N) is 2. The van der Waals surface area contributed by atoms with Gasteiger partial charge in [-0.05, 0) is 24.5 Å². The SMILES string of the molecule is O=C(CSc1nnc(NC(=O)C2CCC2)s1)NCc1ccccc1Cl. The Morgan fingerprint density at radius 1 is 1.28 bits per heavy atom. The van der Waals surface area contributed by atoms with Crippen molar-refractivity contribution in [1.29, 1.82) is 0 Å². The van der Waals surface area contributed by atoms with Gasteiger partial charge in [0.05, 0.1) is 5.75 Å². The van der Waals surface area contributed by atoms with Gasteiger partial charge in [-0.1, -0.05) is 59.3 Å². The predicted molar refractivity (Wildman–Crippen MR) is 99.9 cm³/mol. The lowest BCUT2D eigenvalue weighted by Gasteiger charge is -2.23. The third kappa shape index (κ3) is 5.17. The Morgan fingerprint density at radius 3 is 2.80 bits per heavy atom. The first-order chi connectivity index (χ1) is 12.1. The number of carbonyl (C=O) groups is 2. The molecule has 3 rings (SSSR count). The molecule has 1 aromatic heterocycles. The lowest BCUT2D eigenvalue weighted by molar-refractivity contribution is -0.122. The van der Waals surface area contributed by atoms with Gasteiger partial charge in [-0.25, -0.2) is 0 Å². The van der Waals surface area contributed by atoms with Crippen molar-refractivity contribution < 1.29 is 9.59 Å². The molecule has 0 aliphatic heterocycles. The van der Waals surface area contributed by atoms with Gasteiger partial charge in [0.2, 0.25) is 16.9 Å². The Bertz CT molecular complexity index is 764. The van der Waals surface area contributed by atoms with Gasteiger partial charge in [0.1, 0.15) is 0 Å². The molecule has 0 spiro atoms. The molecule has 2 amide bonds. The molecule has 2 N–H and O–H groups in total. The van der Waals surface area contributed by atoms with Gasteiger partial charge in [-0.15, -0.1) is 10.2 Å². The molecule has 1 aliphatic rings. The summed E-state index contributed by atoms with van der Waals surface area (Å²) in [6, 6.07) is 7.39. The molecule has 1 fully saturated rings. The second-order valence-electron chi connectivity index (χ2n) is 5.65. The first-order valence-electron chi connectivity index (χ1n) is 7.89. The average Bonchev–Trinajstić information content (AvgIpc) is 2.98. The van der Waals surface area contributed by atoms with Crippen LogP contribution in [0.1, 0.15) is 24.8 Å². The minimum Gasteiger partial charge on any atom is -0.351 e. The van der Waals surface area contributed by atoms with Crippen LogP contribution in [0.15, 0.2) is 28.6 Å². The van der Waals surface area contributed by atoms with E-state index in [9.17, 15) is 9.59 Å². The van der Waals surface area contributed by atoms with E-state index in [2.05, 4.69) is 20.8 Å². The number of thioether (sulfide) groups is 1. The molecule has 0 atom stereocenters. The molecule has 25 heavy (non-hydrogen) atoms. The fourth-order valence-electron chi connectivity index (χ4n) is 2.21. The first kappa shape index (κ1) is 18.2. The maximum Gasteiger partial charge on any atom is 0.230 e. The Labute approximate surface area is 158 Å². The summed E-state index contributed by atoms with van der Waals surface area (Å²) < 4.78 is 0.650. The maximum atomic E-state index is 11.9. The Hall–Kier alpha value is -1.64. The summed E-state index contributed by atoms with van der Waals surface area (Å²) in [5.41, 5.74) is 0.874. The highest BCUT2D eigenvalue weighted by atomic mass is 35.5. The summed E-state index contributed by atoms with van der Waals surface area (Å²) in [5.74, 6) is 0.238. The topological polar surface area (TPSA) is 84.0 Å². The van der Waals surface area contributed by atoms with Crippen molar-refractivity contribution in [2.75, 3.05) is 11.1 Å². The van der Waals surface area contributed by atoms with E-state index in [1.807, 2.05) is 18.2 Å². The number of hydrogen-bond acceptors (Lipinski definition) is 6. The maximum absolute atomic E-state index is 11.9. The smallest absolute Gasteiger partial charge is 0.230 e. The number of aromatic nitrogens is 2. The van der Waals surface area contributed by atoms with Crippen LogP contribution in [0.4, 0.5) is 5.13 Å². The van der Waals surface area contributed by atoms with Crippen molar-refractivity contribution in [3.8, 4) is 0 Å². The van der Waals surface area contributed by atoms with Gasteiger partial charge in [-0.2, -0.15) is 0 Å². The van der Waals surface area contributed by atoms with E-state index < -0.39 is 0 Å². The fraction of sp³-hybridized carbons (Fsp3) is 0.375. The molecule has 9 heteroatoms. The van der Waals surface area contributed by atoms with Crippen molar-refractivity contribution in [2.24, 2.45) is 5.92 Å². The highest BCUT2D eigenvalue weighted by Crippen LogP contribution is 2.29. The van der Waals surface area contributed by atoms with Gasteiger partial charge in [-0.3, -0.25) is 9.59 Å². The zero-order valence-electron chi connectivity index (χ0n) is 13.3. The molecule has 0 saturated heterocycles. The molecule has 1 heterocycles. The van der Waals surface area contributed by atoms with E-state index in [0.29, 0.717) is 21.0 Å². The molecule has 1 aromatic carbocycles. The van der Waals surface area contributed by atoms with Crippen LogP contribution >= 0.6 is 34.7 Å². The quantitative estimate of drug-likeness (QED) is 0.554. The Balaban J connectivity index is 1.41. The van der Waals surface area contributed by atoms with E-state index >= 15 is 0 Å². The summed E-state index contributed by atoms with van der Waals surface area (Å²) in [5, 5.41) is 14.7. The van der Waals surface area contributed by atoms with E-state index in [0.717, 1.165) is 24.8 Å². The second-order valence-corrected chi connectivity index (χ2v) is 8.25. The lowest BCUT2D eigenvalue weighted by Crippen LogP contribution is -2.27. The summed E-state index contributed by atoms with van der Waals surface area (Å²) >= 11 is 8.63. The molecule has 0 radical (unpaired) electrons. The van der Waals surface area contributed by atoms with Gasteiger partial charge in [0.25, 0.3) is 0 Å². The number of rotatable bonds is 7. The summed E-state index contributed by atoms with van der Waals surface area (Å²) in [4.78, 5) is 23.8. The summed E-state index contributed by atoms with van der Waals surface area (Å²) in [7, 11) is 0. The zero-order chi connectivity index (χ0) is 17.6. The molecule has 6 nitrogen and oxygen atoms in total. The van der Waals surface area contributed by atoms with Crippen molar-refractivity contribution in [2.45, 2.75) is 30.1 Å². The average molecular weight is 397 g/mol. The molecule has 1 aliphatic carbocycles. The monoisotopic (exact) mass is 396 g/mol. The number of benzene rings is 1. The van der Waals surface area contributed by atoms with Gasteiger partial charge in [0.15, 0.2) is 4.34 Å². The second kappa shape index (κ2) is 8.64. The molecular formula is C16H17ClN4O2S2. The minimum atomic E-state index is -0.111. The molecule has 132 valence electrons. The van der Waals surface area contributed by atoms with Crippen LogP contribution in [0.3, 0.4) is 0 Å². The van der Waals surface area contributed by atoms with Crippen LogP contribution in [0.2, 0.25) is 5.02 Å². The van der Waals surface area contributed by atoms with E-state index in [1.54, 1.807) is 6.07 Å². The van der Waals surface area contributed by atoms with Gasteiger partial charge < -0.3 is 10.6 Å². The lowest BCUT2D eigenvalue weighted by atomic mass is 9.85. The van der Waals surface area contributed by atoms with Crippen molar-refractivity contribution in [3.63, 3.8) is 0 Å². The van der Waals surface area contributed by atoms with Crippen LogP contribution in [-0.2, 0) is 16.1 Å². The zero-order valence-corrected chi connectivity index (χ0v) is 15.7. The molecule has 1 saturated carbocycles. The standard InChI is InChI=1S/C16H17ClN4O2S2/c17-12-7-2-1-4-11(12)8-18-13(22)9-24-16-21-20-15(25-16)19-14(23)10-5-3-6-10/h1-2,4,7,10H,3,5-6,8-9H2,(H,18,22)(H,19,20,23). The first-order valence-corrected chi connectivity index (χ1v) is 10.1. The third-order valence-electron chi connectivity index (χ3n) is 3.87. The molecule has 2 aromatic rings. The highest BCUT2D eigenvalue weighted by Gasteiger charge is 2.26. The van der Waals surface area contributed by atoms with Crippen LogP contribution in [0.5, 0.6) is 0 Å². The van der Waals surface area contributed by atoms with Gasteiger partial charge >= 0.3 is 0 Å². The van der Waals surface area contributed by atoms with Gasteiger partial charge in [0, 0.05) is 17.5 Å². The number of carbonyl (C=O) groups excluding carboxylic acids is 2. The number of hydrogen-bond donors (Lipinski definition) is 2. The summed E-state index contributed by atoms with van der Waals surface area (Å²) in [6.07, 6.45) is 2.99. The van der Waals surface area contributed by atoms with Crippen molar-refractivity contribution >= 4 is 51.6 Å². The molecule has 0 unspecified atom stereocenters. The number of halogens is 1. The van der Waals surface area contributed by atoms with Crippen LogP contribution in [0.25, 0.3) is 0 Å². The van der Waals surface area contributed by atoms with Crippen molar-refractivity contribution in [1.82, 2.24) is 15.5 Å². The number of nitrogens with one attached hydrogen (secondary N) is 2. The van der Waals surface area contributed by atoms with E-state index in [4.69, 9.17) is 11.6 Å². The van der Waals surface area contributed by atoms with Crippen LogP contribution < -0.4 is 10.6 Å². The number of amides is 2. The fourth-order valence-corrected chi connectivity index (χ4v) is 4.00. The predicted octanol–water partition coefficient (Wildman–Crippen LogP) is 3.34. The Kier molecular flexibility index (Phi) is 6.28. The Morgan fingerprint density at radius 2 is 2.08 bits per heavy atom. The van der Waals surface area contributed by atoms with E-state index in [-0.39, 0.29) is 23.5 Å². The van der Waals surface area contributed by atoms with E-state index in [1.165, 1.54) is 23.1 Å². The van der Waals surface area contributed by atoms with Crippen molar-refractivity contribution in [3.05, 3.63) is 34.9 Å². The summed E-state index contributed by atoms with van der Waals surface area (Å²) in [6.45, 7) is 0.387. The normalized spacial score (nSPS) is 14.0. The highest BCUT2D eigenvalue weighted by molar-refractivity contribution is 8.01. The molecular weight excluding hydrogens is 380 g/mol. The largest absolute Gasteiger partial charge is 0.351 e. The minimum absolute atomic E-state index is 0.0106. The third-order valence-corrected chi connectivity index (χ3v) is 6.21.